The Hall–Kier alpha value is -1.12. The average molecular weight is 335 g/mol. The summed E-state index contributed by atoms with van der Waals surface area (Å²) in [6.45, 7) is 3.24. The highest BCUT2D eigenvalue weighted by Crippen LogP contribution is 2.40. The van der Waals surface area contributed by atoms with Gasteiger partial charge in [0.25, 0.3) is 0 Å². The predicted molar refractivity (Wildman–Crippen MR) is 81.5 cm³/mol. The molecule has 5 nitrogen and oxygen atoms in total. The number of hydrogen-bond donors (Lipinski definition) is 3. The number of piperidine rings is 1. The highest BCUT2D eigenvalue weighted by Gasteiger charge is 2.53. The lowest BCUT2D eigenvalue weighted by molar-refractivity contribution is -0.180. The van der Waals surface area contributed by atoms with Gasteiger partial charge in [-0.05, 0) is 38.4 Å². The van der Waals surface area contributed by atoms with Crippen LogP contribution >= 0.6 is 0 Å². The molecule has 0 amide bonds. The number of ether oxygens (including phenoxy) is 1. The molecule has 2 heterocycles. The van der Waals surface area contributed by atoms with E-state index in [2.05, 4.69) is 15.6 Å². The molecule has 0 aromatic rings. The molecule has 23 heavy (non-hydrogen) atoms. The zero-order valence-corrected chi connectivity index (χ0v) is 13.2. The molecule has 132 valence electrons. The monoisotopic (exact) mass is 335 g/mol. The first-order chi connectivity index (χ1) is 10.8. The zero-order valence-electron chi connectivity index (χ0n) is 13.2. The lowest BCUT2D eigenvalue weighted by atomic mass is 9.90. The fraction of sp³-hybridized carbons (Fsp3) is 0.800. The molecule has 0 aromatic carbocycles. The van der Waals surface area contributed by atoms with Crippen molar-refractivity contribution in [1.29, 1.82) is 0 Å². The Balaban J connectivity index is 2.12. The summed E-state index contributed by atoms with van der Waals surface area (Å²) in [5.41, 5.74) is -1.59. The van der Waals surface area contributed by atoms with Crippen molar-refractivity contribution in [2.24, 2.45) is 4.99 Å². The second kappa shape index (κ2) is 7.63. The van der Waals surface area contributed by atoms with Gasteiger partial charge in [-0.1, -0.05) is 0 Å². The van der Waals surface area contributed by atoms with Crippen molar-refractivity contribution in [1.82, 2.24) is 10.6 Å². The topological polar surface area (TPSA) is 65.9 Å². The molecule has 0 radical (unpaired) electrons. The van der Waals surface area contributed by atoms with Gasteiger partial charge in [-0.15, -0.1) is 0 Å². The van der Waals surface area contributed by atoms with Gasteiger partial charge in [0.2, 0.25) is 5.90 Å². The number of hydrogen-bond acceptors (Lipinski definition) is 5. The number of nitrogens with zero attached hydrogens (tertiary/aromatic N) is 1. The minimum atomic E-state index is -4.44. The normalized spacial score (nSPS) is 26.7. The zero-order chi connectivity index (χ0) is 16.9. The Kier molecular flexibility index (Phi) is 6.05. The SMILES string of the molecule is CC1(C(F)(F)F)CC(CNCCO)=CC(OC2CCNCC2)=N1. The van der Waals surface area contributed by atoms with Crippen LogP contribution in [-0.4, -0.2) is 61.6 Å². The Morgan fingerprint density at radius 2 is 2.13 bits per heavy atom. The Morgan fingerprint density at radius 3 is 2.74 bits per heavy atom. The quantitative estimate of drug-likeness (QED) is 0.664. The lowest BCUT2D eigenvalue weighted by Gasteiger charge is -2.34. The van der Waals surface area contributed by atoms with Crippen molar-refractivity contribution >= 4 is 5.90 Å². The first-order valence-electron chi connectivity index (χ1n) is 7.89. The van der Waals surface area contributed by atoms with Crippen LogP contribution in [0.15, 0.2) is 16.6 Å². The molecule has 0 aliphatic carbocycles. The van der Waals surface area contributed by atoms with E-state index in [4.69, 9.17) is 9.84 Å². The van der Waals surface area contributed by atoms with Gasteiger partial charge in [-0.25, -0.2) is 4.99 Å². The summed E-state index contributed by atoms with van der Waals surface area (Å²) in [6, 6.07) is 0. The fourth-order valence-corrected chi connectivity index (χ4v) is 2.73. The smallest absolute Gasteiger partial charge is 0.413 e. The number of alkyl halides is 3. The molecule has 0 aromatic heterocycles. The summed E-state index contributed by atoms with van der Waals surface area (Å²) in [6.07, 6.45) is -1.63. The third kappa shape index (κ3) is 4.92. The van der Waals surface area contributed by atoms with Crippen LogP contribution in [0.4, 0.5) is 13.2 Å². The highest BCUT2D eigenvalue weighted by molar-refractivity contribution is 5.90. The summed E-state index contributed by atoms with van der Waals surface area (Å²) in [4.78, 5) is 3.85. The Morgan fingerprint density at radius 1 is 1.43 bits per heavy atom. The van der Waals surface area contributed by atoms with Crippen LogP contribution in [0.2, 0.25) is 0 Å². The molecule has 0 bridgehead atoms. The number of dihydropyridines is 1. The fourth-order valence-electron chi connectivity index (χ4n) is 2.73. The van der Waals surface area contributed by atoms with E-state index in [1.165, 1.54) is 0 Å². The van der Waals surface area contributed by atoms with Crippen LogP contribution in [0.5, 0.6) is 0 Å². The van der Waals surface area contributed by atoms with Gasteiger partial charge in [0.05, 0.1) is 6.61 Å². The summed E-state index contributed by atoms with van der Waals surface area (Å²) in [5, 5.41) is 14.9. The highest BCUT2D eigenvalue weighted by atomic mass is 19.4. The summed E-state index contributed by atoms with van der Waals surface area (Å²) >= 11 is 0. The van der Waals surface area contributed by atoms with Gasteiger partial charge in [-0.2, -0.15) is 13.2 Å². The first kappa shape index (κ1) is 18.2. The summed E-state index contributed by atoms with van der Waals surface area (Å²) < 4.78 is 45.9. The molecule has 2 aliphatic rings. The van der Waals surface area contributed by atoms with E-state index in [-0.39, 0.29) is 31.6 Å². The molecule has 2 aliphatic heterocycles. The number of rotatable bonds is 5. The van der Waals surface area contributed by atoms with Crippen LogP contribution in [0.25, 0.3) is 0 Å². The summed E-state index contributed by atoms with van der Waals surface area (Å²) in [7, 11) is 0. The third-order valence-electron chi connectivity index (χ3n) is 4.08. The molecule has 1 saturated heterocycles. The maximum Gasteiger partial charge on any atom is 0.413 e. The van der Waals surface area contributed by atoms with E-state index >= 15 is 0 Å². The Labute approximate surface area is 134 Å². The molecule has 0 saturated carbocycles. The number of aliphatic imine (C=N–C) groups is 1. The van der Waals surface area contributed by atoms with Crippen LogP contribution in [-0.2, 0) is 4.74 Å². The van der Waals surface area contributed by atoms with Crippen molar-refractivity contribution in [3.8, 4) is 0 Å². The van der Waals surface area contributed by atoms with Crippen molar-refractivity contribution in [2.45, 2.75) is 44.0 Å². The van der Waals surface area contributed by atoms with Crippen LogP contribution in [0, 0.1) is 0 Å². The van der Waals surface area contributed by atoms with Crippen LogP contribution < -0.4 is 10.6 Å². The minimum Gasteiger partial charge on any atom is -0.474 e. The van der Waals surface area contributed by atoms with Crippen molar-refractivity contribution in [3.63, 3.8) is 0 Å². The van der Waals surface area contributed by atoms with E-state index < -0.39 is 11.7 Å². The molecular weight excluding hydrogens is 311 g/mol. The maximum absolute atomic E-state index is 13.4. The third-order valence-corrected chi connectivity index (χ3v) is 4.08. The lowest BCUT2D eigenvalue weighted by Crippen LogP contribution is -2.45. The molecule has 1 atom stereocenters. The van der Waals surface area contributed by atoms with Gasteiger partial charge < -0.3 is 20.5 Å². The molecule has 3 N–H and O–H groups in total. The van der Waals surface area contributed by atoms with Gasteiger partial charge in [0.15, 0.2) is 5.54 Å². The first-order valence-corrected chi connectivity index (χ1v) is 7.89. The number of aliphatic hydroxyl groups is 1. The molecule has 1 fully saturated rings. The molecule has 8 heteroatoms. The van der Waals surface area contributed by atoms with Crippen molar-refractivity contribution in [3.05, 3.63) is 11.6 Å². The molecule has 1 unspecified atom stereocenters. The van der Waals surface area contributed by atoms with Gasteiger partial charge in [0, 0.05) is 25.6 Å². The van der Waals surface area contributed by atoms with Gasteiger partial charge in [-0.3, -0.25) is 0 Å². The maximum atomic E-state index is 13.4. The second-order valence-corrected chi connectivity index (χ2v) is 6.17. The Bertz CT molecular complexity index is 459. The van der Waals surface area contributed by atoms with E-state index in [1.54, 1.807) is 6.08 Å². The standard InChI is InChI=1S/C15H24F3N3O2/c1-14(15(16,17)18)9-11(10-20-6-7-22)8-13(21-14)23-12-2-4-19-5-3-12/h8,12,19-20,22H,2-7,9-10H2,1H3. The minimum absolute atomic E-state index is 0.0590. The summed E-state index contributed by atoms with van der Waals surface area (Å²) in [5.74, 6) is 0.0590. The number of halogens is 3. The molecule has 0 spiro atoms. The van der Waals surface area contributed by atoms with E-state index in [1.807, 2.05) is 0 Å². The molecule has 2 rings (SSSR count). The largest absolute Gasteiger partial charge is 0.474 e. The van der Waals surface area contributed by atoms with E-state index in [0.29, 0.717) is 12.1 Å². The predicted octanol–water partition coefficient (Wildman–Crippen LogP) is 1.39. The van der Waals surface area contributed by atoms with E-state index in [0.717, 1.165) is 32.9 Å². The van der Waals surface area contributed by atoms with E-state index in [9.17, 15) is 13.2 Å². The van der Waals surface area contributed by atoms with Gasteiger partial charge in [0.1, 0.15) is 6.10 Å². The number of aliphatic hydroxyl groups excluding tert-OH is 1. The van der Waals surface area contributed by atoms with Crippen molar-refractivity contribution in [2.75, 3.05) is 32.8 Å². The van der Waals surface area contributed by atoms with Crippen LogP contribution in [0.1, 0.15) is 26.2 Å². The second-order valence-electron chi connectivity index (χ2n) is 6.17. The van der Waals surface area contributed by atoms with Crippen LogP contribution in [0.3, 0.4) is 0 Å². The number of nitrogens with one attached hydrogen (secondary N) is 2. The van der Waals surface area contributed by atoms with Crippen molar-refractivity contribution < 1.29 is 23.0 Å². The molecular formula is C15H24F3N3O2. The average Bonchev–Trinajstić information content (AvgIpc) is 2.47. The van der Waals surface area contributed by atoms with Gasteiger partial charge >= 0.3 is 6.18 Å².